The van der Waals surface area contributed by atoms with Gasteiger partial charge in [-0.05, 0) is 37.4 Å². The molecule has 0 aromatic heterocycles. The number of halogens is 2. The molecule has 0 heterocycles. The van der Waals surface area contributed by atoms with Crippen LogP contribution in [0.25, 0.3) is 0 Å². The summed E-state index contributed by atoms with van der Waals surface area (Å²) in [6, 6.07) is 1.63. The number of hydrogen-bond acceptors (Lipinski definition) is 2. The molecule has 2 nitrogen and oxygen atoms in total. The predicted molar refractivity (Wildman–Crippen MR) is 64.8 cm³/mol. The fourth-order valence-electron chi connectivity index (χ4n) is 1.80. The Morgan fingerprint density at radius 3 is 2.69 bits per heavy atom. The van der Waals surface area contributed by atoms with Crippen LogP contribution in [0.3, 0.4) is 0 Å². The molecule has 0 fully saturated rings. The van der Waals surface area contributed by atoms with Crippen LogP contribution in [-0.4, -0.2) is 13.7 Å². The lowest BCUT2D eigenvalue weighted by Gasteiger charge is -2.18. The van der Waals surface area contributed by atoms with Crippen LogP contribution in [0.5, 0.6) is 5.75 Å². The van der Waals surface area contributed by atoms with Crippen molar-refractivity contribution >= 4 is 11.6 Å². The van der Waals surface area contributed by atoms with Crippen LogP contribution in [0.4, 0.5) is 4.39 Å². The van der Waals surface area contributed by atoms with Gasteiger partial charge in [0.25, 0.3) is 0 Å². The van der Waals surface area contributed by atoms with Gasteiger partial charge >= 0.3 is 0 Å². The largest absolute Gasteiger partial charge is 0.496 e. The SMILES string of the molecule is COc1c(C(C)CCN)cc(Cl)c(F)c1C. The molecule has 1 unspecified atom stereocenters. The van der Waals surface area contributed by atoms with Crippen molar-refractivity contribution in [2.45, 2.75) is 26.2 Å². The van der Waals surface area contributed by atoms with Gasteiger partial charge in [-0.25, -0.2) is 4.39 Å². The minimum absolute atomic E-state index is 0.136. The molecule has 1 aromatic rings. The van der Waals surface area contributed by atoms with E-state index in [-0.39, 0.29) is 10.9 Å². The zero-order valence-electron chi connectivity index (χ0n) is 9.81. The molecule has 0 aliphatic carbocycles. The van der Waals surface area contributed by atoms with E-state index in [0.717, 1.165) is 12.0 Å². The summed E-state index contributed by atoms with van der Waals surface area (Å²) in [7, 11) is 1.54. The van der Waals surface area contributed by atoms with Crippen LogP contribution in [-0.2, 0) is 0 Å². The number of rotatable bonds is 4. The molecule has 2 N–H and O–H groups in total. The molecule has 1 atom stereocenters. The minimum Gasteiger partial charge on any atom is -0.496 e. The summed E-state index contributed by atoms with van der Waals surface area (Å²) in [5, 5.41) is 0.136. The third-order valence-corrected chi connectivity index (χ3v) is 3.03. The van der Waals surface area contributed by atoms with Crippen molar-refractivity contribution in [2.24, 2.45) is 5.73 Å². The average molecular weight is 246 g/mol. The first-order valence-electron chi connectivity index (χ1n) is 5.25. The second-order valence-electron chi connectivity index (χ2n) is 3.90. The van der Waals surface area contributed by atoms with Crippen LogP contribution < -0.4 is 10.5 Å². The lowest BCUT2D eigenvalue weighted by Crippen LogP contribution is -2.07. The summed E-state index contributed by atoms with van der Waals surface area (Å²) < 4.78 is 18.8. The molecular formula is C12H17ClFNO. The van der Waals surface area contributed by atoms with Crippen LogP contribution in [0.1, 0.15) is 30.4 Å². The summed E-state index contributed by atoms with van der Waals surface area (Å²) in [5.74, 6) is 0.363. The van der Waals surface area contributed by atoms with E-state index in [4.69, 9.17) is 22.1 Å². The minimum atomic E-state index is -0.415. The molecule has 0 saturated carbocycles. The molecule has 0 aliphatic rings. The first kappa shape index (κ1) is 13.3. The Morgan fingerprint density at radius 1 is 1.56 bits per heavy atom. The van der Waals surface area contributed by atoms with Gasteiger partial charge in [-0.1, -0.05) is 18.5 Å². The van der Waals surface area contributed by atoms with Gasteiger partial charge in [-0.2, -0.15) is 0 Å². The van der Waals surface area contributed by atoms with Gasteiger partial charge < -0.3 is 10.5 Å². The summed E-state index contributed by atoms with van der Waals surface area (Å²) in [4.78, 5) is 0. The fourth-order valence-corrected chi connectivity index (χ4v) is 2.06. The second-order valence-corrected chi connectivity index (χ2v) is 4.31. The molecule has 1 rings (SSSR count). The van der Waals surface area contributed by atoms with Gasteiger partial charge in [-0.3, -0.25) is 0 Å². The van der Waals surface area contributed by atoms with E-state index >= 15 is 0 Å². The summed E-state index contributed by atoms with van der Waals surface area (Å²) in [6.07, 6.45) is 0.817. The van der Waals surface area contributed by atoms with Gasteiger partial charge in [0.15, 0.2) is 0 Å². The second kappa shape index (κ2) is 5.51. The Morgan fingerprint density at radius 2 is 2.19 bits per heavy atom. The quantitative estimate of drug-likeness (QED) is 0.884. The third-order valence-electron chi connectivity index (χ3n) is 2.76. The van der Waals surface area contributed by atoms with Gasteiger partial charge in [0, 0.05) is 5.56 Å². The molecule has 0 amide bonds. The van der Waals surface area contributed by atoms with Crippen molar-refractivity contribution in [2.75, 3.05) is 13.7 Å². The maximum Gasteiger partial charge on any atom is 0.148 e. The first-order chi connectivity index (χ1) is 7.52. The highest BCUT2D eigenvalue weighted by molar-refractivity contribution is 6.31. The number of benzene rings is 1. The number of methoxy groups -OCH3 is 1. The zero-order chi connectivity index (χ0) is 12.3. The highest BCUT2D eigenvalue weighted by Crippen LogP contribution is 2.36. The molecule has 0 spiro atoms. The summed E-state index contributed by atoms with van der Waals surface area (Å²) in [5.41, 5.74) is 6.88. The van der Waals surface area contributed by atoms with Gasteiger partial charge in [0.1, 0.15) is 11.6 Å². The maximum atomic E-state index is 13.6. The molecule has 4 heteroatoms. The Hall–Kier alpha value is -0.800. The number of nitrogens with two attached hydrogens (primary N) is 1. The Bertz CT molecular complexity index is 382. The molecule has 0 radical (unpaired) electrons. The number of ether oxygens (including phenoxy) is 1. The lowest BCUT2D eigenvalue weighted by atomic mass is 9.95. The van der Waals surface area contributed by atoms with E-state index < -0.39 is 5.82 Å². The number of hydrogen-bond donors (Lipinski definition) is 1. The van der Waals surface area contributed by atoms with Crippen molar-refractivity contribution in [3.63, 3.8) is 0 Å². The van der Waals surface area contributed by atoms with Crippen molar-refractivity contribution in [1.29, 1.82) is 0 Å². The summed E-state index contributed by atoms with van der Waals surface area (Å²) in [6.45, 7) is 4.27. The van der Waals surface area contributed by atoms with Gasteiger partial charge in [-0.15, -0.1) is 0 Å². The highest BCUT2D eigenvalue weighted by Gasteiger charge is 2.18. The Labute approximate surface area is 101 Å². The van der Waals surface area contributed by atoms with E-state index in [9.17, 15) is 4.39 Å². The monoisotopic (exact) mass is 245 g/mol. The standard InChI is InChI=1S/C12H17ClFNO/c1-7(4-5-15)9-6-10(13)11(14)8(2)12(9)16-3/h6-7H,4-5,15H2,1-3H3. The summed E-state index contributed by atoms with van der Waals surface area (Å²) >= 11 is 5.83. The van der Waals surface area contributed by atoms with Crippen molar-refractivity contribution in [3.8, 4) is 5.75 Å². The van der Waals surface area contributed by atoms with E-state index in [0.29, 0.717) is 17.9 Å². The molecule has 90 valence electrons. The maximum absolute atomic E-state index is 13.6. The highest BCUT2D eigenvalue weighted by atomic mass is 35.5. The predicted octanol–water partition coefficient (Wildman–Crippen LogP) is 3.25. The van der Waals surface area contributed by atoms with Crippen LogP contribution in [0.15, 0.2) is 6.07 Å². The normalized spacial score (nSPS) is 12.6. The van der Waals surface area contributed by atoms with E-state index in [1.54, 1.807) is 13.0 Å². The van der Waals surface area contributed by atoms with Crippen molar-refractivity contribution in [1.82, 2.24) is 0 Å². The molecule has 0 bridgehead atoms. The third kappa shape index (κ3) is 2.47. The lowest BCUT2D eigenvalue weighted by molar-refractivity contribution is 0.398. The average Bonchev–Trinajstić information content (AvgIpc) is 2.26. The van der Waals surface area contributed by atoms with Crippen LogP contribution in [0.2, 0.25) is 5.02 Å². The molecular weight excluding hydrogens is 229 g/mol. The fraction of sp³-hybridized carbons (Fsp3) is 0.500. The smallest absolute Gasteiger partial charge is 0.148 e. The van der Waals surface area contributed by atoms with Gasteiger partial charge in [0.05, 0.1) is 12.1 Å². The van der Waals surface area contributed by atoms with E-state index in [2.05, 4.69) is 0 Å². The Balaban J connectivity index is 3.27. The van der Waals surface area contributed by atoms with Crippen LogP contribution in [0, 0.1) is 12.7 Å². The van der Waals surface area contributed by atoms with Crippen molar-refractivity contribution in [3.05, 3.63) is 28.0 Å². The van der Waals surface area contributed by atoms with E-state index in [1.165, 1.54) is 7.11 Å². The van der Waals surface area contributed by atoms with Gasteiger partial charge in [0.2, 0.25) is 0 Å². The zero-order valence-corrected chi connectivity index (χ0v) is 10.6. The molecule has 0 saturated heterocycles. The first-order valence-corrected chi connectivity index (χ1v) is 5.63. The topological polar surface area (TPSA) is 35.2 Å². The van der Waals surface area contributed by atoms with Crippen molar-refractivity contribution < 1.29 is 9.13 Å². The van der Waals surface area contributed by atoms with Crippen LogP contribution >= 0.6 is 11.6 Å². The molecule has 0 aliphatic heterocycles. The molecule has 16 heavy (non-hydrogen) atoms. The Kier molecular flexibility index (Phi) is 4.56. The molecule has 1 aromatic carbocycles. The van der Waals surface area contributed by atoms with E-state index in [1.807, 2.05) is 6.92 Å².